The molecule has 9 N–H and O–H groups in total. The Morgan fingerprint density at radius 2 is 1.46 bits per heavy atom. The van der Waals surface area contributed by atoms with Gasteiger partial charge in [0.25, 0.3) is 26.0 Å². The molecule has 0 fully saturated rings. The summed E-state index contributed by atoms with van der Waals surface area (Å²) < 4.78 is 189. The molecule has 8 rings (SSSR count). The van der Waals surface area contributed by atoms with Crippen LogP contribution in [-0.4, -0.2) is 154 Å². The number of ether oxygens (including phenoxy) is 4. The summed E-state index contributed by atoms with van der Waals surface area (Å²) in [7, 11) is -11.0. The fourth-order valence-corrected chi connectivity index (χ4v) is 11.7. The Kier molecular flexibility index (Phi) is 26.0. The Balaban J connectivity index is 0.000000239. The Morgan fingerprint density at radius 1 is 0.895 bits per heavy atom. The average Bonchev–Trinajstić information content (AvgIpc) is 1.74. The third-order valence-corrected chi connectivity index (χ3v) is 16.6. The van der Waals surface area contributed by atoms with E-state index >= 15 is 0 Å². The van der Waals surface area contributed by atoms with Gasteiger partial charge in [0.15, 0.2) is 19.8 Å². The number of carbonyl (C=O) groups excluding carboxylic acids is 3. The van der Waals surface area contributed by atoms with E-state index in [2.05, 4.69) is 68.8 Å². The van der Waals surface area contributed by atoms with Crippen molar-refractivity contribution < 1.29 is 115 Å². The molecule has 31 nitrogen and oxygen atoms in total. The van der Waals surface area contributed by atoms with Crippen molar-refractivity contribution in [3.05, 3.63) is 100 Å². The number of carbonyl (C=O) groups is 5. The molecule has 5 amide bonds. The van der Waals surface area contributed by atoms with Gasteiger partial charge in [0.2, 0.25) is 28.5 Å². The van der Waals surface area contributed by atoms with Gasteiger partial charge in [-0.2, -0.15) is 60.0 Å². The van der Waals surface area contributed by atoms with Crippen LogP contribution in [0.4, 0.5) is 68.0 Å². The van der Waals surface area contributed by atoms with Crippen molar-refractivity contribution in [1.82, 2.24) is 43.3 Å². The number of methoxy groups -OCH3 is 1. The number of nitrogens with two attached hydrogens (primary N) is 1. The number of hydrogen-bond acceptors (Lipinski definition) is 23. The molecule has 2 aliphatic rings. The first kappa shape index (κ1) is 76.0. The van der Waals surface area contributed by atoms with E-state index < -0.39 is 129 Å². The zero-order valence-corrected chi connectivity index (χ0v) is 53.0. The van der Waals surface area contributed by atoms with Gasteiger partial charge in [0, 0.05) is 49.8 Å². The van der Waals surface area contributed by atoms with Crippen LogP contribution in [0.2, 0.25) is 0 Å². The Morgan fingerprint density at radius 3 is 2.01 bits per heavy atom. The number of sulfonamides is 2. The molecule has 0 bridgehead atoms. The number of terminal acetylenes is 1. The van der Waals surface area contributed by atoms with E-state index in [-0.39, 0.29) is 66.1 Å². The fraction of sp³-hybridized carbons (Fsp3) is 0.346. The number of carboxylic acids is 2. The summed E-state index contributed by atoms with van der Waals surface area (Å²) >= 11 is 1.24. The van der Waals surface area contributed by atoms with E-state index in [0.717, 1.165) is 37.0 Å². The number of aromatic carboxylic acids is 1. The van der Waals surface area contributed by atoms with Gasteiger partial charge in [0.1, 0.15) is 34.0 Å². The number of rotatable bonds is 20. The number of carboxylic acid groups (broad SMARTS) is 2. The van der Waals surface area contributed by atoms with Crippen molar-refractivity contribution in [3.63, 3.8) is 0 Å². The number of benzene rings is 3. The zero-order chi connectivity index (χ0) is 71.0. The first-order valence-electron chi connectivity index (χ1n) is 26.5. The molecule has 2 atom stereocenters. The number of aryl methyl sites for hydroxylation is 2. The molecule has 43 heteroatoms. The van der Waals surface area contributed by atoms with Gasteiger partial charge in [0.05, 0.1) is 35.9 Å². The summed E-state index contributed by atoms with van der Waals surface area (Å²) in [4.78, 5) is 89.2. The van der Waals surface area contributed by atoms with Crippen molar-refractivity contribution in [2.45, 2.75) is 88.2 Å². The van der Waals surface area contributed by atoms with Gasteiger partial charge in [-0.05, 0) is 55.0 Å². The topological polar surface area (TPSA) is 440 Å². The van der Waals surface area contributed by atoms with Gasteiger partial charge in [-0.3, -0.25) is 29.7 Å². The van der Waals surface area contributed by atoms with Crippen molar-refractivity contribution >= 4 is 92.1 Å². The van der Waals surface area contributed by atoms with E-state index in [9.17, 15) is 80.5 Å². The minimum atomic E-state index is -4.71. The highest BCUT2D eigenvalue weighted by Gasteiger charge is 2.33. The second-order valence-corrected chi connectivity index (χ2v) is 26.7. The van der Waals surface area contributed by atoms with Gasteiger partial charge in [-0.15, -0.1) is 6.42 Å². The van der Waals surface area contributed by atoms with E-state index in [0.29, 0.717) is 22.3 Å². The number of hydrogen-bond donors (Lipinski definition) is 8. The molecule has 0 saturated carbocycles. The number of anilines is 3. The first-order chi connectivity index (χ1) is 44.2. The molecule has 3 aromatic carbocycles. The van der Waals surface area contributed by atoms with Crippen LogP contribution in [0, 0.1) is 30.5 Å². The first-order valence-corrected chi connectivity index (χ1v) is 32.5. The van der Waals surface area contributed by atoms with E-state index in [4.69, 9.17) is 36.7 Å². The quantitative estimate of drug-likeness (QED) is 0.0246. The minimum absolute atomic E-state index is 0.0412. The number of halogens is 8. The lowest BCUT2D eigenvalue weighted by Gasteiger charge is -2.28. The summed E-state index contributed by atoms with van der Waals surface area (Å²) in [6.07, 6.45) is 0.0208. The van der Waals surface area contributed by atoms with Gasteiger partial charge in [-0.1, -0.05) is 50.1 Å². The molecule has 0 saturated heterocycles. The number of amides is 5. The molecule has 0 aliphatic carbocycles. The summed E-state index contributed by atoms with van der Waals surface area (Å²) in [5.41, 5.74) is 5.05. The van der Waals surface area contributed by atoms with Crippen LogP contribution >= 0.6 is 18.9 Å². The summed E-state index contributed by atoms with van der Waals surface area (Å²) in [5.74, 6) is -2.72. The smallest absolute Gasteiger partial charge is 0.389 e. The second-order valence-electron chi connectivity index (χ2n) is 20.1. The number of alkyl halides is 7. The van der Waals surface area contributed by atoms with Crippen LogP contribution in [0.15, 0.2) is 81.5 Å². The average molecular weight is 1430 g/mol. The van der Waals surface area contributed by atoms with Crippen molar-refractivity contribution in [3.8, 4) is 35.9 Å². The maximum Gasteiger partial charge on any atom is 0.389 e. The van der Waals surface area contributed by atoms with Crippen LogP contribution < -0.4 is 54.5 Å². The van der Waals surface area contributed by atoms with Crippen LogP contribution in [0.3, 0.4) is 0 Å². The van der Waals surface area contributed by atoms with Crippen LogP contribution in [-0.2, 0) is 53.6 Å². The van der Waals surface area contributed by atoms with E-state index in [1.165, 1.54) is 84.3 Å². The molecule has 0 spiro atoms. The van der Waals surface area contributed by atoms with Gasteiger partial charge >= 0.3 is 49.4 Å². The predicted molar refractivity (Wildman–Crippen MR) is 316 cm³/mol. The molecule has 3 aromatic heterocycles. The molecular weight excluding hydrogens is 1370 g/mol. The second kappa shape index (κ2) is 32.4. The maximum atomic E-state index is 14.5. The SMILES string of the molecule is C#CCN1C(=O)COc2cc(F)c(/N=c3\snc4n3CC(C)(C)C4)cc21.COc1nc(C)nc(NC(=O)NS(=O)(=O)c2ccccc2CCC(F)(F)F)n1.CP(=O)(O)CCC(N)C(=O)O.O=C(Nc1nc(OC(F)F)cc(OC(F)F)n1)NS(=O)(=O)c1ccccc1C(=O)O. The lowest BCUT2D eigenvalue weighted by molar-refractivity contribution is -0.138. The molecule has 0 radical (unpaired) electrons. The highest BCUT2D eigenvalue weighted by atomic mass is 32.2. The van der Waals surface area contributed by atoms with Crippen molar-refractivity contribution in [2.24, 2.45) is 16.1 Å². The summed E-state index contributed by atoms with van der Waals surface area (Å²) in [6.45, 7) is 0.920. The fourth-order valence-electron chi connectivity index (χ4n) is 7.85. The molecule has 2 unspecified atom stereocenters. The zero-order valence-electron chi connectivity index (χ0n) is 49.7. The number of urea groups is 2. The normalized spacial score (nSPS) is 14.2. The molecule has 2 aliphatic heterocycles. The van der Waals surface area contributed by atoms with Crippen LogP contribution in [0.1, 0.15) is 54.3 Å². The van der Waals surface area contributed by atoms with Crippen LogP contribution in [0.5, 0.6) is 23.5 Å². The monoisotopic (exact) mass is 1430 g/mol. The van der Waals surface area contributed by atoms with E-state index in [1.54, 1.807) is 10.0 Å². The highest BCUT2D eigenvalue weighted by Crippen LogP contribution is 2.38. The molecular formula is C52H55F8N14O17PS3. The summed E-state index contributed by atoms with van der Waals surface area (Å²) in [5, 5.41) is 21.1. The third-order valence-electron chi connectivity index (χ3n) is 11.9. The lowest BCUT2D eigenvalue weighted by atomic mass is 9.92. The standard InChI is InChI=1S/C18H17FN4O2S.C15H16F3N5O4S.C14H10F4N4O7S.C5H12NO4P/c1-4-5-22-13-7-12(11(19)6-14(13)25-9-16(22)24)20-17-23-10-18(2,3)8-15(23)21-26-17;1-9-19-12(22-14(20-9)27-2)21-13(24)23-28(25,26)11-6-4-3-5-10(11)7-8-15(16,17)18;15-11(16)28-8-5-9(29-12(17)18)20-13(19-8)21-14(25)22-30(26,27)7-4-2-1-3-6(7)10(23)24;1-11(9,10)3-2-4(6)5(7)8/h1,6-7H,5,8-10H2,2-3H3;3-6H,7-8H2,1-2H3,(H2,19,20,21,22,23,24);1-5,11-12H,(H,23,24)(H2,19,20,21,22,25);4H,2-3,6H2,1H3,(H,7,8)(H,9,10)/b20-17-;;;. The number of aliphatic carboxylic acids is 1. The molecule has 514 valence electrons. The van der Waals surface area contributed by atoms with E-state index in [1.807, 2.05) is 4.57 Å². The Hall–Kier alpha value is -9.69. The minimum Gasteiger partial charge on any atom is -0.481 e. The van der Waals surface area contributed by atoms with Gasteiger partial charge < -0.3 is 44.4 Å². The number of nitrogens with one attached hydrogen (secondary N) is 4. The van der Waals surface area contributed by atoms with Gasteiger partial charge in [-0.25, -0.2) is 50.0 Å². The third kappa shape index (κ3) is 23.7. The lowest BCUT2D eigenvalue weighted by Crippen LogP contribution is -2.39. The van der Waals surface area contributed by atoms with Crippen LogP contribution in [0.25, 0.3) is 0 Å². The number of nitrogens with zero attached hydrogens (tertiary/aromatic N) is 9. The molecule has 5 heterocycles. The molecule has 95 heavy (non-hydrogen) atoms. The van der Waals surface area contributed by atoms with Crippen molar-refractivity contribution in [2.75, 3.05) is 48.6 Å². The number of fused-ring (bicyclic) bond motifs is 2. The number of aromatic nitrogens is 7. The highest BCUT2D eigenvalue weighted by molar-refractivity contribution is 7.90. The maximum absolute atomic E-state index is 14.5. The predicted octanol–water partition coefficient (Wildman–Crippen LogP) is 6.03. The Bertz CT molecular complexity index is 4190. The molecule has 6 aromatic rings. The van der Waals surface area contributed by atoms with Crippen molar-refractivity contribution in [1.29, 1.82) is 0 Å². The largest absolute Gasteiger partial charge is 0.481 e. The summed E-state index contributed by atoms with van der Waals surface area (Å²) in [6, 6.07) is 8.76. The Labute approximate surface area is 536 Å².